The van der Waals surface area contributed by atoms with E-state index in [9.17, 15) is 4.39 Å². The van der Waals surface area contributed by atoms with Gasteiger partial charge in [0, 0.05) is 11.1 Å². The summed E-state index contributed by atoms with van der Waals surface area (Å²) in [7, 11) is 0. The van der Waals surface area contributed by atoms with Gasteiger partial charge in [0.2, 0.25) is 0 Å². The van der Waals surface area contributed by atoms with Crippen LogP contribution in [0.4, 0.5) is 4.39 Å². The fourth-order valence-corrected chi connectivity index (χ4v) is 3.00. The summed E-state index contributed by atoms with van der Waals surface area (Å²) in [4.78, 5) is 0. The molecule has 18 heavy (non-hydrogen) atoms. The maximum absolute atomic E-state index is 13.6. The summed E-state index contributed by atoms with van der Waals surface area (Å²) < 4.78 is 13.6. The molecule has 0 saturated heterocycles. The van der Waals surface area contributed by atoms with Crippen molar-refractivity contribution in [3.05, 3.63) is 34.6 Å². The molecule has 1 aliphatic carbocycles. The number of rotatable bonds is 5. The van der Waals surface area contributed by atoms with Crippen molar-refractivity contribution in [1.82, 2.24) is 5.32 Å². The molecule has 2 atom stereocenters. The largest absolute Gasteiger partial charge is 0.314 e. The zero-order valence-corrected chi connectivity index (χ0v) is 11.6. The maximum atomic E-state index is 13.6. The van der Waals surface area contributed by atoms with Gasteiger partial charge in [-0.3, -0.25) is 0 Å². The van der Waals surface area contributed by atoms with Crippen LogP contribution in [0.2, 0.25) is 5.02 Å². The van der Waals surface area contributed by atoms with Gasteiger partial charge in [-0.25, -0.2) is 4.39 Å². The van der Waals surface area contributed by atoms with Gasteiger partial charge in [0.15, 0.2) is 0 Å². The number of halogens is 2. The number of nitrogens with one attached hydrogen (secondary N) is 1. The number of hydrogen-bond acceptors (Lipinski definition) is 1. The Morgan fingerprint density at radius 3 is 3.00 bits per heavy atom. The lowest BCUT2D eigenvalue weighted by molar-refractivity contribution is 0.477. The van der Waals surface area contributed by atoms with Crippen LogP contribution in [-0.2, 0) is 6.42 Å². The molecule has 0 aliphatic heterocycles. The Hall–Kier alpha value is -0.600. The van der Waals surface area contributed by atoms with Gasteiger partial charge in [-0.2, -0.15) is 0 Å². The third-order valence-electron chi connectivity index (χ3n) is 3.74. The molecule has 2 unspecified atom stereocenters. The van der Waals surface area contributed by atoms with E-state index in [1.165, 1.54) is 25.3 Å². The van der Waals surface area contributed by atoms with Crippen molar-refractivity contribution in [2.24, 2.45) is 5.92 Å². The Balaban J connectivity index is 1.89. The van der Waals surface area contributed by atoms with Crippen LogP contribution in [0.15, 0.2) is 18.2 Å². The molecule has 2 rings (SSSR count). The van der Waals surface area contributed by atoms with Crippen LogP contribution in [0.1, 0.15) is 38.2 Å². The highest BCUT2D eigenvalue weighted by Crippen LogP contribution is 2.30. The molecule has 1 aromatic rings. The van der Waals surface area contributed by atoms with Crippen molar-refractivity contribution in [3.63, 3.8) is 0 Å². The van der Waals surface area contributed by atoms with Crippen LogP contribution in [0.3, 0.4) is 0 Å². The normalized spacial score (nSPS) is 23.5. The molecule has 0 bridgehead atoms. The van der Waals surface area contributed by atoms with Crippen molar-refractivity contribution in [3.8, 4) is 0 Å². The Labute approximate surface area is 114 Å². The quantitative estimate of drug-likeness (QED) is 0.845. The van der Waals surface area contributed by atoms with Gasteiger partial charge in [0.05, 0.1) is 0 Å². The van der Waals surface area contributed by atoms with E-state index in [0.717, 1.165) is 24.9 Å². The summed E-state index contributed by atoms with van der Waals surface area (Å²) in [5.41, 5.74) is 0.767. The standard InChI is InChI=1S/C15H21ClFN/c1-2-7-18-14-5-3-11(9-14)8-12-10-13(16)4-6-15(12)17/h4,6,10-11,14,18H,2-3,5,7-9H2,1H3. The first-order valence-electron chi connectivity index (χ1n) is 6.86. The van der Waals surface area contributed by atoms with Crippen LogP contribution in [-0.4, -0.2) is 12.6 Å². The van der Waals surface area contributed by atoms with Gasteiger partial charge in [0.25, 0.3) is 0 Å². The van der Waals surface area contributed by atoms with Crippen LogP contribution >= 0.6 is 11.6 Å². The average Bonchev–Trinajstić information content (AvgIpc) is 2.79. The van der Waals surface area contributed by atoms with Gasteiger partial charge in [-0.1, -0.05) is 18.5 Å². The van der Waals surface area contributed by atoms with Crippen LogP contribution < -0.4 is 5.32 Å². The summed E-state index contributed by atoms with van der Waals surface area (Å²) >= 11 is 5.92. The van der Waals surface area contributed by atoms with E-state index < -0.39 is 0 Å². The van der Waals surface area contributed by atoms with Gasteiger partial charge in [0.1, 0.15) is 5.82 Å². The SMILES string of the molecule is CCCNC1CCC(Cc2cc(Cl)ccc2F)C1. The second-order valence-corrected chi connectivity index (χ2v) is 5.71. The van der Waals surface area contributed by atoms with Crippen molar-refractivity contribution >= 4 is 11.6 Å². The topological polar surface area (TPSA) is 12.0 Å². The molecule has 1 N–H and O–H groups in total. The van der Waals surface area contributed by atoms with E-state index >= 15 is 0 Å². The van der Waals surface area contributed by atoms with Gasteiger partial charge in [-0.05, 0) is 68.3 Å². The third-order valence-corrected chi connectivity index (χ3v) is 3.98. The van der Waals surface area contributed by atoms with E-state index in [1.54, 1.807) is 12.1 Å². The van der Waals surface area contributed by atoms with E-state index in [4.69, 9.17) is 11.6 Å². The summed E-state index contributed by atoms with van der Waals surface area (Å²) in [6.07, 6.45) is 5.55. The second kappa shape index (κ2) is 6.53. The molecule has 3 heteroatoms. The number of benzene rings is 1. The second-order valence-electron chi connectivity index (χ2n) is 5.27. The van der Waals surface area contributed by atoms with E-state index in [1.807, 2.05) is 0 Å². The van der Waals surface area contributed by atoms with Crippen LogP contribution in [0.25, 0.3) is 0 Å². The highest BCUT2D eigenvalue weighted by Gasteiger charge is 2.24. The Kier molecular flexibility index (Phi) is 5.02. The van der Waals surface area contributed by atoms with E-state index in [0.29, 0.717) is 17.0 Å². The molecule has 0 aromatic heterocycles. The van der Waals surface area contributed by atoms with Crippen molar-refractivity contribution in [1.29, 1.82) is 0 Å². The first-order chi connectivity index (χ1) is 8.69. The minimum absolute atomic E-state index is 0.121. The predicted octanol–water partition coefficient (Wildman–Crippen LogP) is 4.19. The van der Waals surface area contributed by atoms with E-state index in [2.05, 4.69) is 12.2 Å². The molecule has 0 radical (unpaired) electrons. The lowest BCUT2D eigenvalue weighted by atomic mass is 9.97. The van der Waals surface area contributed by atoms with Gasteiger partial charge >= 0.3 is 0 Å². The zero-order valence-electron chi connectivity index (χ0n) is 10.9. The molecule has 1 saturated carbocycles. The highest BCUT2D eigenvalue weighted by atomic mass is 35.5. The van der Waals surface area contributed by atoms with Crippen molar-refractivity contribution in [2.75, 3.05) is 6.54 Å². The molecule has 1 fully saturated rings. The zero-order chi connectivity index (χ0) is 13.0. The third kappa shape index (κ3) is 3.69. The Morgan fingerprint density at radius 1 is 1.39 bits per heavy atom. The molecule has 0 amide bonds. The first kappa shape index (κ1) is 13.8. The van der Waals surface area contributed by atoms with Gasteiger partial charge < -0.3 is 5.32 Å². The summed E-state index contributed by atoms with van der Waals surface area (Å²) in [5.74, 6) is 0.469. The molecular formula is C15H21ClFN. The van der Waals surface area contributed by atoms with Crippen molar-refractivity contribution in [2.45, 2.75) is 45.1 Å². The molecule has 1 nitrogen and oxygen atoms in total. The van der Waals surface area contributed by atoms with Crippen LogP contribution in [0.5, 0.6) is 0 Å². The molecule has 100 valence electrons. The lowest BCUT2D eigenvalue weighted by Crippen LogP contribution is -2.27. The molecular weight excluding hydrogens is 249 g/mol. The minimum Gasteiger partial charge on any atom is -0.314 e. The maximum Gasteiger partial charge on any atom is 0.126 e. The fraction of sp³-hybridized carbons (Fsp3) is 0.600. The monoisotopic (exact) mass is 269 g/mol. The molecule has 1 aromatic carbocycles. The summed E-state index contributed by atoms with van der Waals surface area (Å²) in [6, 6.07) is 5.47. The average molecular weight is 270 g/mol. The molecule has 0 spiro atoms. The highest BCUT2D eigenvalue weighted by molar-refractivity contribution is 6.30. The number of hydrogen-bond donors (Lipinski definition) is 1. The summed E-state index contributed by atoms with van der Waals surface area (Å²) in [6.45, 7) is 3.27. The fourth-order valence-electron chi connectivity index (χ4n) is 2.80. The van der Waals surface area contributed by atoms with Crippen LogP contribution in [0, 0.1) is 11.7 Å². The van der Waals surface area contributed by atoms with E-state index in [-0.39, 0.29) is 5.82 Å². The van der Waals surface area contributed by atoms with Gasteiger partial charge in [-0.15, -0.1) is 0 Å². The predicted molar refractivity (Wildman–Crippen MR) is 74.5 cm³/mol. The molecule has 0 heterocycles. The van der Waals surface area contributed by atoms with Crippen molar-refractivity contribution < 1.29 is 4.39 Å². The Morgan fingerprint density at radius 2 is 2.22 bits per heavy atom. The first-order valence-corrected chi connectivity index (χ1v) is 7.24. The minimum atomic E-state index is -0.121. The smallest absolute Gasteiger partial charge is 0.126 e. The Bertz CT molecular complexity index is 394. The molecule has 1 aliphatic rings. The summed E-state index contributed by atoms with van der Waals surface area (Å²) in [5, 5.41) is 4.18. The lowest BCUT2D eigenvalue weighted by Gasteiger charge is -2.13.